The molecule has 0 radical (unpaired) electrons. The van der Waals surface area contributed by atoms with Crippen LogP contribution in [0.15, 0.2) is 23.1 Å². The number of halogens is 3. The lowest BCUT2D eigenvalue weighted by Crippen LogP contribution is -2.09. The zero-order chi connectivity index (χ0) is 12.5. The fraction of sp³-hybridized carbons (Fsp3) is 0.143. The van der Waals surface area contributed by atoms with Crippen molar-refractivity contribution in [2.75, 3.05) is 0 Å². The van der Waals surface area contributed by atoms with Crippen molar-refractivity contribution in [3.8, 4) is 0 Å². The van der Waals surface area contributed by atoms with Crippen LogP contribution in [0.2, 0.25) is 0 Å². The van der Waals surface area contributed by atoms with Crippen molar-refractivity contribution >= 4 is 16.8 Å². The third-order valence-electron chi connectivity index (χ3n) is 1.67. The van der Waals surface area contributed by atoms with Crippen LogP contribution in [0.3, 0.4) is 0 Å². The topological polar surface area (TPSA) is 80.4 Å². The molecule has 1 atom stereocenters. The van der Waals surface area contributed by atoms with Gasteiger partial charge in [-0.3, -0.25) is 10.1 Å². The van der Waals surface area contributed by atoms with Gasteiger partial charge in [0.25, 0.3) is 5.69 Å². The molecule has 1 aromatic rings. The molecule has 9 heteroatoms. The molecular formula is C7H4F3NO4S. The molecule has 1 N–H and O–H groups in total. The normalized spacial score (nSPS) is 13.5. The second kappa shape index (κ2) is 4.18. The number of nitrogens with zero attached hydrogens (tertiary/aromatic N) is 1. The molecule has 0 aliphatic heterocycles. The smallest absolute Gasteiger partial charge is 0.302 e. The van der Waals surface area contributed by atoms with Gasteiger partial charge < -0.3 is 4.55 Å². The molecule has 0 bridgehead atoms. The Hall–Kier alpha value is -1.48. The van der Waals surface area contributed by atoms with E-state index in [0.29, 0.717) is 6.07 Å². The van der Waals surface area contributed by atoms with Crippen molar-refractivity contribution in [1.82, 2.24) is 0 Å². The summed E-state index contributed by atoms with van der Waals surface area (Å²) in [5.74, 6) is 0. The minimum Gasteiger partial charge on any atom is -0.302 e. The van der Waals surface area contributed by atoms with Crippen LogP contribution in [0, 0.1) is 10.1 Å². The summed E-state index contributed by atoms with van der Waals surface area (Å²) < 4.78 is 56.2. The number of benzene rings is 1. The molecule has 0 saturated carbocycles. The zero-order valence-electron chi connectivity index (χ0n) is 7.39. The molecule has 0 aliphatic rings. The molecule has 16 heavy (non-hydrogen) atoms. The van der Waals surface area contributed by atoms with Gasteiger partial charge in [-0.05, 0) is 12.1 Å². The summed E-state index contributed by atoms with van der Waals surface area (Å²) in [6, 6.07) is 1.63. The second-order valence-electron chi connectivity index (χ2n) is 2.68. The van der Waals surface area contributed by atoms with Crippen LogP contribution in [0.5, 0.6) is 0 Å². The highest BCUT2D eigenvalue weighted by Gasteiger charge is 2.38. The van der Waals surface area contributed by atoms with E-state index >= 15 is 0 Å². The van der Waals surface area contributed by atoms with Crippen molar-refractivity contribution in [3.05, 3.63) is 33.9 Å². The minimum atomic E-state index is -4.95. The molecule has 0 spiro atoms. The first-order valence-corrected chi connectivity index (χ1v) is 4.80. The van der Waals surface area contributed by atoms with Crippen LogP contribution in [0.1, 0.15) is 5.56 Å². The van der Waals surface area contributed by atoms with Crippen molar-refractivity contribution in [3.63, 3.8) is 0 Å². The lowest BCUT2D eigenvalue weighted by Gasteiger charge is -2.07. The first kappa shape index (κ1) is 12.6. The Morgan fingerprint density at radius 2 is 1.94 bits per heavy atom. The van der Waals surface area contributed by atoms with Crippen LogP contribution in [0.4, 0.5) is 18.9 Å². The van der Waals surface area contributed by atoms with Crippen molar-refractivity contribution in [2.24, 2.45) is 0 Å². The van der Waals surface area contributed by atoms with E-state index in [9.17, 15) is 27.5 Å². The van der Waals surface area contributed by atoms with Gasteiger partial charge in [-0.15, -0.1) is 0 Å². The van der Waals surface area contributed by atoms with E-state index in [1.807, 2.05) is 0 Å². The van der Waals surface area contributed by atoms with Crippen LogP contribution >= 0.6 is 0 Å². The average Bonchev–Trinajstić information content (AvgIpc) is 2.15. The fourth-order valence-electron chi connectivity index (χ4n) is 1.01. The number of rotatable bonds is 2. The van der Waals surface area contributed by atoms with E-state index < -0.39 is 38.3 Å². The van der Waals surface area contributed by atoms with E-state index in [2.05, 4.69) is 0 Å². The zero-order valence-corrected chi connectivity index (χ0v) is 8.21. The maximum absolute atomic E-state index is 12.4. The summed E-state index contributed by atoms with van der Waals surface area (Å²) in [6.07, 6.45) is -4.95. The molecule has 0 aliphatic carbocycles. The molecule has 5 nitrogen and oxygen atoms in total. The Morgan fingerprint density at radius 3 is 2.31 bits per heavy atom. The van der Waals surface area contributed by atoms with E-state index in [1.54, 1.807) is 0 Å². The molecule has 0 heterocycles. The molecule has 0 aromatic heterocycles. The summed E-state index contributed by atoms with van der Waals surface area (Å²) in [5.41, 5.74) is -2.70. The Labute approximate surface area is 89.3 Å². The molecule has 0 amide bonds. The van der Waals surface area contributed by atoms with Gasteiger partial charge in [0.05, 0.1) is 9.82 Å². The summed E-state index contributed by atoms with van der Waals surface area (Å²) in [4.78, 5) is 8.57. The van der Waals surface area contributed by atoms with E-state index in [4.69, 9.17) is 4.55 Å². The number of nitro groups is 1. The molecule has 0 saturated heterocycles. The van der Waals surface area contributed by atoms with E-state index in [1.165, 1.54) is 0 Å². The Bertz CT molecular complexity index is 459. The van der Waals surface area contributed by atoms with Crippen molar-refractivity contribution < 1.29 is 26.9 Å². The van der Waals surface area contributed by atoms with Gasteiger partial charge in [0, 0.05) is 6.07 Å². The van der Waals surface area contributed by atoms with Gasteiger partial charge in [-0.25, -0.2) is 4.21 Å². The van der Waals surface area contributed by atoms with Crippen molar-refractivity contribution in [2.45, 2.75) is 11.1 Å². The molecule has 1 aromatic carbocycles. The van der Waals surface area contributed by atoms with E-state index in [-0.39, 0.29) is 6.07 Å². The lowest BCUT2D eigenvalue weighted by atomic mass is 10.2. The minimum absolute atomic E-state index is 0.286. The Kier molecular flexibility index (Phi) is 3.29. The van der Waals surface area contributed by atoms with Crippen LogP contribution in [0.25, 0.3) is 0 Å². The van der Waals surface area contributed by atoms with Gasteiger partial charge >= 0.3 is 6.18 Å². The SMILES string of the molecule is O=[N+]([O-])c1ccc(S(=O)O)cc1C(F)(F)F. The highest BCUT2D eigenvalue weighted by Crippen LogP contribution is 2.36. The number of hydrogen-bond donors (Lipinski definition) is 1. The van der Waals surface area contributed by atoms with Gasteiger partial charge in [0.1, 0.15) is 5.56 Å². The Morgan fingerprint density at radius 1 is 1.38 bits per heavy atom. The number of alkyl halides is 3. The molecule has 1 rings (SSSR count). The Balaban J connectivity index is 3.45. The number of hydrogen-bond acceptors (Lipinski definition) is 3. The van der Waals surface area contributed by atoms with Gasteiger partial charge in [-0.1, -0.05) is 0 Å². The summed E-state index contributed by atoms with van der Waals surface area (Å²) >= 11 is -2.62. The summed E-state index contributed by atoms with van der Waals surface area (Å²) in [7, 11) is 0. The fourth-order valence-corrected chi connectivity index (χ4v) is 1.41. The number of nitro benzene ring substituents is 1. The third kappa shape index (κ3) is 2.55. The first-order valence-electron chi connectivity index (χ1n) is 3.70. The maximum Gasteiger partial charge on any atom is 0.423 e. The third-order valence-corrected chi connectivity index (χ3v) is 2.33. The van der Waals surface area contributed by atoms with Crippen molar-refractivity contribution in [1.29, 1.82) is 0 Å². The van der Waals surface area contributed by atoms with Gasteiger partial charge in [0.15, 0.2) is 11.1 Å². The quantitative estimate of drug-likeness (QED) is 0.499. The van der Waals surface area contributed by atoms with Gasteiger partial charge in [-0.2, -0.15) is 13.2 Å². The monoisotopic (exact) mass is 255 g/mol. The van der Waals surface area contributed by atoms with Crippen LogP contribution in [-0.4, -0.2) is 13.7 Å². The lowest BCUT2D eigenvalue weighted by molar-refractivity contribution is -0.388. The largest absolute Gasteiger partial charge is 0.423 e. The average molecular weight is 255 g/mol. The molecule has 0 fully saturated rings. The molecular weight excluding hydrogens is 251 g/mol. The van der Waals surface area contributed by atoms with Crippen LogP contribution in [-0.2, 0) is 17.3 Å². The predicted molar refractivity (Wildman–Crippen MR) is 47.1 cm³/mol. The van der Waals surface area contributed by atoms with Gasteiger partial charge in [0.2, 0.25) is 0 Å². The standard InChI is InChI=1S/C7H4F3NO4S/c8-7(9,10)5-3-4(16(14)15)1-2-6(5)11(12)13/h1-3H,(H,14,15). The predicted octanol–water partition coefficient (Wildman–Crippen LogP) is 2.19. The highest BCUT2D eigenvalue weighted by atomic mass is 32.2. The summed E-state index contributed by atoms with van der Waals surface area (Å²) in [5, 5.41) is 10.3. The summed E-state index contributed by atoms with van der Waals surface area (Å²) in [6.45, 7) is 0. The molecule has 88 valence electrons. The highest BCUT2D eigenvalue weighted by molar-refractivity contribution is 7.79. The molecule has 1 unspecified atom stereocenters. The van der Waals surface area contributed by atoms with Crippen LogP contribution < -0.4 is 0 Å². The van der Waals surface area contributed by atoms with E-state index in [0.717, 1.165) is 6.07 Å². The maximum atomic E-state index is 12.4. The second-order valence-corrected chi connectivity index (χ2v) is 3.65. The first-order chi connectivity index (χ1) is 7.23.